The molecule has 0 aliphatic rings. The van der Waals surface area contributed by atoms with Gasteiger partial charge in [0, 0.05) is 0 Å². The summed E-state index contributed by atoms with van der Waals surface area (Å²) in [6.45, 7) is -0.361. The van der Waals surface area contributed by atoms with Gasteiger partial charge in [0.05, 0.1) is 12.8 Å². The molecule has 1 rings (SSSR count). The van der Waals surface area contributed by atoms with E-state index in [1.807, 2.05) is 0 Å². The topological polar surface area (TPSA) is 169 Å². The molecule has 1 aromatic heterocycles. The number of hydrogen-bond acceptors (Lipinski definition) is 8. The summed E-state index contributed by atoms with van der Waals surface area (Å²) in [5.74, 6) is 0. The molecule has 6 N–H and O–H groups in total. The molecule has 1 aromatic rings. The normalized spacial score (nSPS) is 5.25. The number of nitrogens with zero attached hydrogens (tertiary/aromatic N) is 2. The number of anilines is 1. The fraction of sp³-hybridized carbons (Fsp3) is 0.286. The summed E-state index contributed by atoms with van der Waals surface area (Å²) in [6, 6.07) is 0.218. The van der Waals surface area contributed by atoms with Crippen molar-refractivity contribution in [1.82, 2.24) is 4.98 Å². The van der Waals surface area contributed by atoms with E-state index in [0.717, 1.165) is 0 Å². The molecule has 0 spiro atoms. The van der Waals surface area contributed by atoms with E-state index >= 15 is 0 Å². The Morgan fingerprint density at radius 2 is 2.06 bits per heavy atom. The van der Waals surface area contributed by atoms with Gasteiger partial charge in [0.1, 0.15) is 12.5 Å². The number of nitriles is 1. The van der Waals surface area contributed by atoms with Gasteiger partial charge >= 0.3 is 29.6 Å². The molecule has 0 saturated carbocycles. The molecule has 0 atom stereocenters. The van der Waals surface area contributed by atoms with Crippen LogP contribution in [0.1, 0.15) is 7.43 Å². The fourth-order valence-corrected chi connectivity index (χ4v) is 0.234. The van der Waals surface area contributed by atoms with Crippen molar-refractivity contribution in [3.63, 3.8) is 0 Å². The van der Waals surface area contributed by atoms with Gasteiger partial charge in [0.25, 0.3) is 6.01 Å². The van der Waals surface area contributed by atoms with Gasteiger partial charge in [-0.15, -0.1) is 0 Å². The average Bonchev–Trinajstić information content (AvgIpc) is 2.58. The van der Waals surface area contributed by atoms with Crippen LogP contribution in [0.2, 0.25) is 0 Å². The van der Waals surface area contributed by atoms with E-state index in [4.69, 9.17) is 20.9 Å². The van der Waals surface area contributed by atoms with Gasteiger partial charge < -0.3 is 31.3 Å². The minimum Gasteiger partial charge on any atom is -0.870 e. The number of hydrogen-bond donors (Lipinski definition) is 3. The van der Waals surface area contributed by atoms with E-state index in [1.54, 1.807) is 0 Å². The van der Waals surface area contributed by atoms with Crippen LogP contribution in [0.4, 0.5) is 6.01 Å². The number of aldehydes is 1. The maximum absolute atomic E-state index is 8.92. The molecule has 0 radical (unpaired) electrons. The molecule has 0 fully saturated rings. The molecule has 0 aliphatic heterocycles. The van der Waals surface area contributed by atoms with Gasteiger partial charge in [-0.1, -0.05) is 7.43 Å². The maximum Gasteiger partial charge on any atom is 1.00 e. The Kier molecular flexibility index (Phi) is 53.6. The molecule has 88 valence electrons. The zero-order valence-electron chi connectivity index (χ0n) is 8.20. The van der Waals surface area contributed by atoms with Gasteiger partial charge in [-0.2, -0.15) is 5.26 Å². The Labute approximate surface area is 116 Å². The number of rotatable bonds is 1. The van der Waals surface area contributed by atoms with Gasteiger partial charge in [0.2, 0.25) is 0 Å². The quantitative estimate of drug-likeness (QED) is 0.196. The van der Waals surface area contributed by atoms with Crippen LogP contribution in [0, 0.1) is 11.5 Å². The Morgan fingerprint density at radius 1 is 1.69 bits per heavy atom. The maximum atomic E-state index is 8.92. The first-order valence-corrected chi connectivity index (χ1v) is 3.02. The Morgan fingerprint density at radius 3 is 2.12 bits per heavy atom. The molecule has 9 heteroatoms. The summed E-state index contributed by atoms with van der Waals surface area (Å²) >= 11 is 0. The number of carbonyl (C=O) groups is 1. The van der Waals surface area contributed by atoms with Crippen molar-refractivity contribution in [3.05, 3.63) is 12.5 Å². The number of aromatic nitrogens is 1. The summed E-state index contributed by atoms with van der Waals surface area (Å²) in [7, 11) is 0. The molecular weight excluding hydrogens is 227 g/mol. The van der Waals surface area contributed by atoms with Crippen LogP contribution in [0.25, 0.3) is 0 Å². The molecule has 0 saturated heterocycles. The van der Waals surface area contributed by atoms with E-state index in [2.05, 4.69) is 15.1 Å². The Bertz CT molecular complexity index is 237. The summed E-state index contributed by atoms with van der Waals surface area (Å²) in [6.07, 6.45) is 4.60. The first-order valence-electron chi connectivity index (χ1n) is 3.02. The van der Waals surface area contributed by atoms with Gasteiger partial charge in [0.15, 0.2) is 6.19 Å². The van der Waals surface area contributed by atoms with Crippen LogP contribution in [-0.4, -0.2) is 28.5 Å². The van der Waals surface area contributed by atoms with Crippen molar-refractivity contribution in [2.75, 3.05) is 12.3 Å². The zero-order chi connectivity index (χ0) is 10.5. The van der Waals surface area contributed by atoms with Crippen molar-refractivity contribution in [2.24, 2.45) is 5.73 Å². The summed E-state index contributed by atoms with van der Waals surface area (Å²) in [5, 5.41) is 14.6. The predicted molar refractivity (Wildman–Crippen MR) is 52.5 cm³/mol. The summed E-state index contributed by atoms with van der Waals surface area (Å²) in [4.78, 5) is 12.5. The third kappa shape index (κ3) is 38.4. The van der Waals surface area contributed by atoms with Gasteiger partial charge in [-0.05, 0) is 0 Å². The third-order valence-corrected chi connectivity index (χ3v) is 0.526. The molecule has 0 amide bonds. The molecule has 0 aliphatic carbocycles. The van der Waals surface area contributed by atoms with E-state index in [0.29, 0.717) is 6.29 Å². The Balaban J connectivity index is -0.0000000368. The van der Waals surface area contributed by atoms with Crippen molar-refractivity contribution in [3.8, 4) is 6.19 Å². The summed E-state index contributed by atoms with van der Waals surface area (Å²) < 4.78 is 4.50. The number of aliphatic hydroxyl groups is 1. The van der Waals surface area contributed by atoms with Crippen LogP contribution in [0.5, 0.6) is 0 Å². The van der Waals surface area contributed by atoms with Crippen LogP contribution >= 0.6 is 0 Å². The van der Waals surface area contributed by atoms with Crippen molar-refractivity contribution in [1.29, 1.82) is 5.26 Å². The molecule has 1 heterocycles. The minimum absolute atomic E-state index is 0. The fourth-order valence-electron chi connectivity index (χ4n) is 0.234. The average molecular weight is 242 g/mol. The largest absolute Gasteiger partial charge is 1.00 e. The first-order chi connectivity index (χ1) is 6.22. The SMILES string of the molecule is C.N#CN.Nc1ncco1.O=CCO.[Na+].[OH-]. The van der Waals surface area contributed by atoms with Crippen LogP contribution < -0.4 is 41.0 Å². The van der Waals surface area contributed by atoms with Gasteiger partial charge in [-0.25, -0.2) is 4.98 Å². The van der Waals surface area contributed by atoms with E-state index in [9.17, 15) is 0 Å². The second kappa shape index (κ2) is 29.2. The van der Waals surface area contributed by atoms with E-state index in [-0.39, 0.29) is 55.1 Å². The van der Waals surface area contributed by atoms with Crippen molar-refractivity contribution < 1.29 is 49.4 Å². The van der Waals surface area contributed by atoms with E-state index < -0.39 is 0 Å². The predicted octanol–water partition coefficient (Wildman–Crippen LogP) is -3.68. The zero-order valence-corrected chi connectivity index (χ0v) is 10.2. The molecular formula is C7H15N4NaO4. The Hall–Kier alpha value is -1.11. The standard InChI is InChI=1S/C3H4N2O.C2H4O2.CH2N2.CH4.Na.H2O/c4-3-5-1-2-6-3;3-1-2-4;2-1-3;;;/h1-2H,(H2,4,5);1,4H,2H2;2H2;1H4;;1H2/q;;;;+1;/p-1. The molecule has 0 bridgehead atoms. The number of nitrogens with two attached hydrogens (primary N) is 2. The van der Waals surface area contributed by atoms with E-state index in [1.165, 1.54) is 18.7 Å². The minimum atomic E-state index is -0.361. The second-order valence-electron chi connectivity index (χ2n) is 1.35. The smallest absolute Gasteiger partial charge is 0.870 e. The number of oxazole rings is 1. The first kappa shape index (κ1) is 29.4. The molecule has 0 unspecified atom stereocenters. The van der Waals surface area contributed by atoms with Crippen LogP contribution in [0.15, 0.2) is 16.9 Å². The van der Waals surface area contributed by atoms with Crippen LogP contribution in [0.3, 0.4) is 0 Å². The number of carbonyl (C=O) groups excluding carboxylic acids is 1. The van der Waals surface area contributed by atoms with Crippen molar-refractivity contribution in [2.45, 2.75) is 7.43 Å². The third-order valence-electron chi connectivity index (χ3n) is 0.526. The van der Waals surface area contributed by atoms with Crippen LogP contribution in [-0.2, 0) is 4.79 Å². The number of nitrogen functional groups attached to an aromatic ring is 1. The molecule has 0 aromatic carbocycles. The molecule has 16 heavy (non-hydrogen) atoms. The molecule has 8 nitrogen and oxygen atoms in total. The monoisotopic (exact) mass is 242 g/mol. The second-order valence-corrected chi connectivity index (χ2v) is 1.35. The summed E-state index contributed by atoms with van der Waals surface area (Å²) in [5.41, 5.74) is 9.15. The number of aliphatic hydroxyl groups excluding tert-OH is 1. The van der Waals surface area contributed by atoms with Crippen molar-refractivity contribution >= 4 is 12.3 Å². The van der Waals surface area contributed by atoms with Gasteiger partial charge in [-0.3, -0.25) is 0 Å².